The highest BCUT2D eigenvalue weighted by atomic mass is 16.4. The second-order valence-corrected chi connectivity index (χ2v) is 3.42. The van der Waals surface area contributed by atoms with Gasteiger partial charge in [0.05, 0.1) is 0 Å². The van der Waals surface area contributed by atoms with Crippen LogP contribution in [-0.4, -0.2) is 35.9 Å². The third-order valence-corrected chi connectivity index (χ3v) is 2.09. The summed E-state index contributed by atoms with van der Waals surface area (Å²) >= 11 is 0. The van der Waals surface area contributed by atoms with Crippen molar-refractivity contribution in [1.29, 1.82) is 0 Å². The second kappa shape index (κ2) is 5.20. The predicted octanol–water partition coefficient (Wildman–Crippen LogP) is -0.269. The standard InChI is InChI=1S/C10H12BNO4/c11-10(16)12-7(9(14)15)5-6-3-1-2-4-8(6)13/h1-4,7,13H,5,11H2,(H,12,16)(H,14,15)/t7-/m1/s1. The Hall–Kier alpha value is -1.98. The maximum absolute atomic E-state index is 10.9. The van der Waals surface area contributed by atoms with Crippen molar-refractivity contribution in [2.75, 3.05) is 0 Å². The topological polar surface area (TPSA) is 86.6 Å². The fraction of sp³-hybridized carbons (Fsp3) is 0.200. The number of phenolic OH excluding ortho intramolecular Hbond substituents is 1. The summed E-state index contributed by atoms with van der Waals surface area (Å²) in [7, 11) is 1.25. The minimum Gasteiger partial charge on any atom is -0.508 e. The molecule has 1 aromatic rings. The summed E-state index contributed by atoms with van der Waals surface area (Å²) in [6.45, 7) is 0. The molecule has 5 nitrogen and oxygen atoms in total. The zero-order valence-electron chi connectivity index (χ0n) is 8.80. The fourth-order valence-electron chi connectivity index (χ4n) is 1.35. The van der Waals surface area contributed by atoms with Crippen molar-refractivity contribution in [2.45, 2.75) is 12.5 Å². The molecule has 84 valence electrons. The van der Waals surface area contributed by atoms with Gasteiger partial charge in [-0.1, -0.05) is 18.2 Å². The van der Waals surface area contributed by atoms with Gasteiger partial charge < -0.3 is 15.5 Å². The zero-order valence-corrected chi connectivity index (χ0v) is 8.80. The van der Waals surface area contributed by atoms with E-state index >= 15 is 0 Å². The smallest absolute Gasteiger partial charge is 0.326 e. The van der Waals surface area contributed by atoms with Crippen molar-refractivity contribution in [2.24, 2.45) is 0 Å². The number of hydrogen-bond acceptors (Lipinski definition) is 3. The van der Waals surface area contributed by atoms with Gasteiger partial charge in [-0.2, -0.15) is 0 Å². The van der Waals surface area contributed by atoms with E-state index in [-0.39, 0.29) is 12.2 Å². The third-order valence-electron chi connectivity index (χ3n) is 2.09. The van der Waals surface area contributed by atoms with Crippen LogP contribution in [0, 0.1) is 0 Å². The first-order valence-corrected chi connectivity index (χ1v) is 4.77. The lowest BCUT2D eigenvalue weighted by atomic mass is 10.0. The lowest BCUT2D eigenvalue weighted by Crippen LogP contribution is -2.41. The van der Waals surface area contributed by atoms with Gasteiger partial charge in [0, 0.05) is 6.42 Å². The molecule has 1 atom stereocenters. The summed E-state index contributed by atoms with van der Waals surface area (Å²) in [6.07, 6.45) is 0.0571. The van der Waals surface area contributed by atoms with E-state index < -0.39 is 17.8 Å². The van der Waals surface area contributed by atoms with Crippen LogP contribution in [0.2, 0.25) is 0 Å². The molecule has 0 bridgehead atoms. The molecule has 1 rings (SSSR count). The van der Waals surface area contributed by atoms with Crippen molar-refractivity contribution in [3.63, 3.8) is 0 Å². The highest BCUT2D eigenvalue weighted by molar-refractivity contribution is 6.57. The van der Waals surface area contributed by atoms with Gasteiger partial charge >= 0.3 is 5.97 Å². The lowest BCUT2D eigenvalue weighted by molar-refractivity contribution is -0.139. The van der Waals surface area contributed by atoms with Gasteiger partial charge in [-0.05, 0) is 11.6 Å². The number of hydrogen-bond donors (Lipinski definition) is 3. The van der Waals surface area contributed by atoms with Crippen LogP contribution in [-0.2, 0) is 11.2 Å². The first kappa shape index (κ1) is 12.1. The lowest BCUT2D eigenvalue weighted by Gasteiger charge is -2.14. The van der Waals surface area contributed by atoms with Gasteiger partial charge in [-0.3, -0.25) is 4.79 Å². The summed E-state index contributed by atoms with van der Waals surface area (Å²) in [5.74, 6) is -1.51. The van der Waals surface area contributed by atoms with Crippen LogP contribution in [0.1, 0.15) is 5.56 Å². The number of benzene rings is 1. The Morgan fingerprint density at radius 2 is 2.00 bits per heavy atom. The molecule has 0 aromatic heterocycles. The highest BCUT2D eigenvalue weighted by Gasteiger charge is 2.19. The quantitative estimate of drug-likeness (QED) is 0.611. The normalized spacial score (nSPS) is 11.8. The number of nitrogens with one attached hydrogen (secondary N) is 1. The largest absolute Gasteiger partial charge is 0.508 e. The van der Waals surface area contributed by atoms with E-state index in [4.69, 9.17) is 5.11 Å². The molecule has 16 heavy (non-hydrogen) atoms. The number of aliphatic carboxylic acids is 1. The minimum absolute atomic E-state index is 0.0269. The van der Waals surface area contributed by atoms with E-state index in [2.05, 4.69) is 5.32 Å². The summed E-state index contributed by atoms with van der Waals surface area (Å²) in [5, 5.41) is 20.7. The number of carboxylic acid groups (broad SMARTS) is 1. The molecule has 0 saturated heterocycles. The van der Waals surface area contributed by atoms with Crippen LogP contribution < -0.4 is 5.32 Å². The van der Waals surface area contributed by atoms with E-state index in [0.717, 1.165) is 0 Å². The molecule has 0 aliphatic rings. The molecule has 0 heterocycles. The second-order valence-electron chi connectivity index (χ2n) is 3.42. The number of carbonyl (C=O) groups is 2. The zero-order chi connectivity index (χ0) is 12.1. The average Bonchev–Trinajstić information content (AvgIpc) is 2.19. The maximum Gasteiger partial charge on any atom is 0.326 e. The Morgan fingerprint density at radius 3 is 2.50 bits per heavy atom. The van der Waals surface area contributed by atoms with Gasteiger partial charge in [-0.15, -0.1) is 0 Å². The number of carboxylic acids is 1. The van der Waals surface area contributed by atoms with Crippen LogP contribution in [0.5, 0.6) is 5.75 Å². The van der Waals surface area contributed by atoms with E-state index in [9.17, 15) is 14.7 Å². The maximum atomic E-state index is 10.9. The molecule has 0 unspecified atom stereocenters. The molecular weight excluding hydrogens is 209 g/mol. The van der Waals surface area contributed by atoms with Gasteiger partial charge in [-0.25, -0.2) is 4.79 Å². The number of aromatic hydroxyl groups is 1. The van der Waals surface area contributed by atoms with Gasteiger partial charge in [0.25, 0.3) is 0 Å². The van der Waals surface area contributed by atoms with E-state index in [0.29, 0.717) is 5.56 Å². The molecule has 6 heteroatoms. The van der Waals surface area contributed by atoms with Crippen molar-refractivity contribution in [1.82, 2.24) is 5.32 Å². The highest BCUT2D eigenvalue weighted by Crippen LogP contribution is 2.17. The van der Waals surface area contributed by atoms with Crippen LogP contribution >= 0.6 is 0 Å². The van der Waals surface area contributed by atoms with Crippen LogP contribution in [0.15, 0.2) is 24.3 Å². The molecular formula is C10H12BNO4. The average molecular weight is 221 g/mol. The van der Waals surface area contributed by atoms with Crippen molar-refractivity contribution in [3.8, 4) is 5.75 Å². The number of para-hydroxylation sites is 1. The van der Waals surface area contributed by atoms with Crippen LogP contribution in [0.25, 0.3) is 0 Å². The number of phenols is 1. The van der Waals surface area contributed by atoms with Gasteiger partial charge in [0.15, 0.2) is 5.81 Å². The monoisotopic (exact) mass is 221 g/mol. The Morgan fingerprint density at radius 1 is 1.38 bits per heavy atom. The van der Waals surface area contributed by atoms with Gasteiger partial charge in [0.2, 0.25) is 7.85 Å². The van der Waals surface area contributed by atoms with E-state index in [1.807, 2.05) is 0 Å². The fourth-order valence-corrected chi connectivity index (χ4v) is 1.35. The van der Waals surface area contributed by atoms with Crippen LogP contribution in [0.3, 0.4) is 0 Å². The summed E-state index contributed by atoms with van der Waals surface area (Å²) in [4.78, 5) is 21.7. The first-order chi connectivity index (χ1) is 7.50. The molecule has 0 aliphatic carbocycles. The van der Waals surface area contributed by atoms with Crippen molar-refractivity contribution < 1.29 is 19.8 Å². The molecule has 0 aliphatic heterocycles. The molecule has 0 spiro atoms. The Bertz CT molecular complexity index is 408. The summed E-state index contributed by atoms with van der Waals surface area (Å²) in [5.41, 5.74) is 0.489. The molecule has 0 saturated carbocycles. The molecule has 0 fully saturated rings. The number of amides is 1. The minimum atomic E-state index is -1.13. The molecule has 1 aromatic carbocycles. The number of rotatable bonds is 4. The predicted molar refractivity (Wildman–Crippen MR) is 60.3 cm³/mol. The van der Waals surface area contributed by atoms with Crippen molar-refractivity contribution >= 4 is 19.6 Å². The van der Waals surface area contributed by atoms with Gasteiger partial charge in [0.1, 0.15) is 11.8 Å². The third kappa shape index (κ3) is 3.31. The summed E-state index contributed by atoms with van der Waals surface area (Å²) < 4.78 is 0. The molecule has 0 radical (unpaired) electrons. The van der Waals surface area contributed by atoms with Crippen molar-refractivity contribution in [3.05, 3.63) is 29.8 Å². The molecule has 1 amide bonds. The van der Waals surface area contributed by atoms with E-state index in [1.165, 1.54) is 13.9 Å². The van der Waals surface area contributed by atoms with Crippen LogP contribution in [0.4, 0.5) is 4.79 Å². The molecule has 3 N–H and O–H groups in total. The first-order valence-electron chi connectivity index (χ1n) is 4.77. The summed E-state index contributed by atoms with van der Waals surface area (Å²) in [6, 6.07) is 5.41. The number of carbonyl (C=O) groups excluding carboxylic acids is 1. The Balaban J connectivity index is 2.80. The SMILES string of the molecule is BC(=O)N[C@H](Cc1ccccc1O)C(=O)O. The Kier molecular flexibility index (Phi) is 3.93. The Labute approximate surface area is 93.5 Å². The van der Waals surface area contributed by atoms with E-state index in [1.54, 1.807) is 18.2 Å².